The molecule has 2 aromatic rings. The van der Waals surface area contributed by atoms with Crippen LogP contribution in [0.25, 0.3) is 0 Å². The van der Waals surface area contributed by atoms with Gasteiger partial charge in [0.2, 0.25) is 0 Å². The van der Waals surface area contributed by atoms with Crippen molar-refractivity contribution in [3.05, 3.63) is 58.7 Å². The summed E-state index contributed by atoms with van der Waals surface area (Å²) in [7, 11) is 0. The predicted octanol–water partition coefficient (Wildman–Crippen LogP) is 3.80. The molecule has 0 radical (unpaired) electrons. The van der Waals surface area contributed by atoms with E-state index in [4.69, 9.17) is 0 Å². The van der Waals surface area contributed by atoms with Gasteiger partial charge in [-0.05, 0) is 55.0 Å². The third-order valence-corrected chi connectivity index (χ3v) is 3.90. The average Bonchev–Trinajstić information content (AvgIpc) is 2.88. The van der Waals surface area contributed by atoms with Crippen LogP contribution in [0.15, 0.2) is 36.4 Å². The molecule has 0 bridgehead atoms. The monoisotopic (exact) mass is 253 g/mol. The maximum atomic E-state index is 9.99. The largest absolute Gasteiger partial charge is 0.507 e. The maximum absolute atomic E-state index is 9.99. The summed E-state index contributed by atoms with van der Waals surface area (Å²) in [5.74, 6) is 0.399. The first kappa shape index (κ1) is 12.1. The number of fused-ring (bicyclic) bond motifs is 1. The van der Waals surface area contributed by atoms with Crippen molar-refractivity contribution < 1.29 is 5.11 Å². The molecule has 2 N–H and O–H groups in total. The van der Waals surface area contributed by atoms with Gasteiger partial charge < -0.3 is 10.4 Å². The van der Waals surface area contributed by atoms with Crippen molar-refractivity contribution in [1.82, 2.24) is 0 Å². The Morgan fingerprint density at radius 1 is 1.11 bits per heavy atom. The van der Waals surface area contributed by atoms with Gasteiger partial charge in [0.25, 0.3) is 0 Å². The van der Waals surface area contributed by atoms with Gasteiger partial charge >= 0.3 is 0 Å². The first-order chi connectivity index (χ1) is 9.24. The van der Waals surface area contributed by atoms with E-state index in [1.165, 1.54) is 30.4 Å². The fourth-order valence-corrected chi connectivity index (χ4v) is 2.74. The van der Waals surface area contributed by atoms with Crippen molar-refractivity contribution in [2.24, 2.45) is 0 Å². The van der Waals surface area contributed by atoms with E-state index < -0.39 is 0 Å². The molecule has 0 atom stereocenters. The Balaban J connectivity index is 1.74. The Morgan fingerprint density at radius 3 is 2.84 bits per heavy atom. The van der Waals surface area contributed by atoms with Crippen LogP contribution in [-0.2, 0) is 19.4 Å². The number of rotatable bonds is 3. The van der Waals surface area contributed by atoms with Crippen molar-refractivity contribution in [1.29, 1.82) is 0 Å². The summed E-state index contributed by atoms with van der Waals surface area (Å²) in [5, 5.41) is 13.4. The van der Waals surface area contributed by atoms with Gasteiger partial charge in [-0.1, -0.05) is 24.3 Å². The number of hydrogen-bond acceptors (Lipinski definition) is 2. The van der Waals surface area contributed by atoms with Gasteiger partial charge in [-0.25, -0.2) is 0 Å². The van der Waals surface area contributed by atoms with E-state index in [0.29, 0.717) is 12.3 Å². The number of aryl methyl sites for hydroxylation is 3. The lowest BCUT2D eigenvalue weighted by molar-refractivity contribution is 0.465. The van der Waals surface area contributed by atoms with Crippen LogP contribution in [-0.4, -0.2) is 5.11 Å². The minimum atomic E-state index is 0.399. The zero-order chi connectivity index (χ0) is 13.2. The number of phenols is 1. The first-order valence-electron chi connectivity index (χ1n) is 6.87. The highest BCUT2D eigenvalue weighted by atomic mass is 16.3. The molecule has 0 aromatic heterocycles. The molecule has 1 aliphatic rings. The molecule has 98 valence electrons. The zero-order valence-electron chi connectivity index (χ0n) is 11.2. The number of aromatic hydroxyl groups is 1. The highest BCUT2D eigenvalue weighted by Crippen LogP contribution is 2.26. The molecule has 2 nitrogen and oxygen atoms in total. The van der Waals surface area contributed by atoms with Crippen LogP contribution in [0.1, 0.15) is 28.7 Å². The molecule has 0 heterocycles. The smallest absolute Gasteiger partial charge is 0.123 e. The van der Waals surface area contributed by atoms with Gasteiger partial charge in [-0.2, -0.15) is 0 Å². The molecule has 0 amide bonds. The van der Waals surface area contributed by atoms with E-state index in [1.807, 2.05) is 25.1 Å². The van der Waals surface area contributed by atoms with E-state index in [0.717, 1.165) is 16.8 Å². The first-order valence-corrected chi connectivity index (χ1v) is 6.87. The van der Waals surface area contributed by atoms with Gasteiger partial charge in [0, 0.05) is 17.8 Å². The van der Waals surface area contributed by atoms with Crippen molar-refractivity contribution in [3.63, 3.8) is 0 Å². The summed E-state index contributed by atoms with van der Waals surface area (Å²) in [4.78, 5) is 0. The highest BCUT2D eigenvalue weighted by Gasteiger charge is 2.10. The topological polar surface area (TPSA) is 32.3 Å². The molecule has 0 aliphatic heterocycles. The lowest BCUT2D eigenvalue weighted by Gasteiger charge is -2.11. The molecular formula is C17H19NO. The lowest BCUT2D eigenvalue weighted by Crippen LogP contribution is -2.01. The number of phenolic OH excluding ortho intramolecular Hbond substituents is 1. The summed E-state index contributed by atoms with van der Waals surface area (Å²) >= 11 is 0. The number of para-hydroxylation sites is 1. The Bertz CT molecular complexity index is 604. The number of nitrogens with one attached hydrogen (secondary N) is 1. The fourth-order valence-electron chi connectivity index (χ4n) is 2.74. The Morgan fingerprint density at radius 2 is 1.95 bits per heavy atom. The van der Waals surface area contributed by atoms with E-state index in [-0.39, 0.29) is 0 Å². The van der Waals surface area contributed by atoms with Crippen molar-refractivity contribution in [2.45, 2.75) is 32.7 Å². The Kier molecular flexibility index (Phi) is 3.16. The van der Waals surface area contributed by atoms with Crippen LogP contribution in [0, 0.1) is 6.92 Å². The molecule has 3 rings (SSSR count). The summed E-state index contributed by atoms with van der Waals surface area (Å²) in [6.45, 7) is 2.58. The standard InChI is InChI=1S/C17H19NO/c1-12-4-2-7-15(17(12)19)11-18-16-9-8-13-5-3-6-14(13)10-16/h2,4,7-10,18-19H,3,5-6,11H2,1H3. The quantitative estimate of drug-likeness (QED) is 0.872. The Hall–Kier alpha value is -1.96. The number of hydrogen-bond donors (Lipinski definition) is 2. The maximum Gasteiger partial charge on any atom is 0.123 e. The molecule has 2 aromatic carbocycles. The summed E-state index contributed by atoms with van der Waals surface area (Å²) in [5.41, 5.74) is 5.97. The van der Waals surface area contributed by atoms with E-state index in [1.54, 1.807) is 0 Å². The van der Waals surface area contributed by atoms with Crippen LogP contribution < -0.4 is 5.32 Å². The van der Waals surface area contributed by atoms with Gasteiger partial charge in [0.15, 0.2) is 0 Å². The van der Waals surface area contributed by atoms with Crippen LogP contribution >= 0.6 is 0 Å². The molecular weight excluding hydrogens is 234 g/mol. The SMILES string of the molecule is Cc1cccc(CNc2ccc3c(c2)CCC3)c1O. The minimum absolute atomic E-state index is 0.399. The third-order valence-electron chi connectivity index (χ3n) is 3.90. The second-order valence-electron chi connectivity index (χ2n) is 5.27. The van der Waals surface area contributed by atoms with Crippen LogP contribution in [0.5, 0.6) is 5.75 Å². The Labute approximate surface area is 114 Å². The second-order valence-corrected chi connectivity index (χ2v) is 5.27. The van der Waals surface area contributed by atoms with Crippen LogP contribution in [0.4, 0.5) is 5.69 Å². The lowest BCUT2D eigenvalue weighted by atomic mass is 10.1. The normalized spacial score (nSPS) is 13.3. The number of anilines is 1. The van der Waals surface area contributed by atoms with E-state index >= 15 is 0 Å². The van der Waals surface area contributed by atoms with Crippen molar-refractivity contribution in [3.8, 4) is 5.75 Å². The molecule has 0 unspecified atom stereocenters. The van der Waals surface area contributed by atoms with Gasteiger partial charge in [0.1, 0.15) is 5.75 Å². The van der Waals surface area contributed by atoms with E-state index in [9.17, 15) is 5.11 Å². The van der Waals surface area contributed by atoms with Gasteiger partial charge in [-0.15, -0.1) is 0 Å². The molecule has 0 spiro atoms. The van der Waals surface area contributed by atoms with E-state index in [2.05, 4.69) is 23.5 Å². The molecule has 19 heavy (non-hydrogen) atoms. The molecule has 1 aliphatic carbocycles. The second kappa shape index (κ2) is 4.96. The summed E-state index contributed by atoms with van der Waals surface area (Å²) < 4.78 is 0. The van der Waals surface area contributed by atoms with Crippen LogP contribution in [0.3, 0.4) is 0 Å². The average molecular weight is 253 g/mol. The third kappa shape index (κ3) is 2.43. The fraction of sp³-hybridized carbons (Fsp3) is 0.294. The predicted molar refractivity (Wildman–Crippen MR) is 78.6 cm³/mol. The van der Waals surface area contributed by atoms with Crippen LogP contribution in [0.2, 0.25) is 0 Å². The summed E-state index contributed by atoms with van der Waals surface area (Å²) in [6, 6.07) is 12.5. The van der Waals surface area contributed by atoms with Gasteiger partial charge in [0.05, 0.1) is 0 Å². The van der Waals surface area contributed by atoms with Crippen molar-refractivity contribution in [2.75, 3.05) is 5.32 Å². The zero-order valence-corrected chi connectivity index (χ0v) is 11.2. The number of benzene rings is 2. The van der Waals surface area contributed by atoms with Crippen molar-refractivity contribution >= 4 is 5.69 Å². The minimum Gasteiger partial charge on any atom is -0.507 e. The molecule has 0 saturated heterocycles. The van der Waals surface area contributed by atoms with Gasteiger partial charge in [-0.3, -0.25) is 0 Å². The molecule has 0 fully saturated rings. The highest BCUT2D eigenvalue weighted by molar-refractivity contribution is 5.51. The molecule has 2 heteroatoms. The summed E-state index contributed by atoms with van der Waals surface area (Å²) in [6.07, 6.45) is 3.69. The molecule has 0 saturated carbocycles.